The molecule has 0 aromatic heterocycles. The van der Waals surface area contributed by atoms with Crippen LogP contribution in [0.2, 0.25) is 0 Å². The van der Waals surface area contributed by atoms with Crippen molar-refractivity contribution in [3.63, 3.8) is 0 Å². The Balaban J connectivity index is 2.08. The van der Waals surface area contributed by atoms with Crippen molar-refractivity contribution in [2.45, 2.75) is 43.0 Å². The van der Waals surface area contributed by atoms with Gasteiger partial charge in [0.15, 0.2) is 5.54 Å². The van der Waals surface area contributed by atoms with Crippen LogP contribution in [0.4, 0.5) is 0 Å². The van der Waals surface area contributed by atoms with E-state index in [0.717, 1.165) is 17.2 Å². The van der Waals surface area contributed by atoms with E-state index >= 15 is 0 Å². The average Bonchev–Trinajstić information content (AvgIpc) is 2.99. The standard InChI is InChI=1S/C22H24N2O7S2/c1-5-31-21(26)22(4)14-19(23-32(27,28)17-10-6-15(2)7-11-17)20(25)24(22)33(29,30)18-12-8-16(3)9-13-18/h6-14,23H,5H2,1-4H3. The van der Waals surface area contributed by atoms with Crippen LogP contribution in [0.3, 0.4) is 0 Å². The van der Waals surface area contributed by atoms with Crippen molar-refractivity contribution in [2.24, 2.45) is 0 Å². The van der Waals surface area contributed by atoms with Crippen LogP contribution in [-0.2, 0) is 34.4 Å². The number of rotatable bonds is 7. The maximum Gasteiger partial charge on any atom is 0.337 e. The van der Waals surface area contributed by atoms with Gasteiger partial charge in [0.2, 0.25) is 0 Å². The SMILES string of the molecule is CCOC(=O)C1(C)C=C(NS(=O)(=O)c2ccc(C)cc2)C(=O)N1S(=O)(=O)c1ccc(C)cc1. The minimum absolute atomic E-state index is 0.0701. The quantitative estimate of drug-likeness (QED) is 0.586. The maximum atomic E-state index is 13.4. The fraction of sp³-hybridized carbons (Fsp3) is 0.273. The van der Waals surface area contributed by atoms with Gasteiger partial charge in [0.1, 0.15) is 5.70 Å². The molecule has 9 nitrogen and oxygen atoms in total. The fourth-order valence-electron chi connectivity index (χ4n) is 3.31. The highest BCUT2D eigenvalue weighted by molar-refractivity contribution is 7.90. The summed E-state index contributed by atoms with van der Waals surface area (Å²) in [5.41, 5.74) is -1.04. The van der Waals surface area contributed by atoms with E-state index in [9.17, 15) is 26.4 Å². The minimum Gasteiger partial charge on any atom is -0.464 e. The van der Waals surface area contributed by atoms with Crippen molar-refractivity contribution in [1.29, 1.82) is 0 Å². The van der Waals surface area contributed by atoms with Crippen LogP contribution in [0.5, 0.6) is 0 Å². The molecule has 1 heterocycles. The number of benzene rings is 2. The number of aryl methyl sites for hydroxylation is 2. The zero-order valence-corrected chi connectivity index (χ0v) is 20.2. The van der Waals surface area contributed by atoms with Crippen LogP contribution in [0, 0.1) is 13.8 Å². The Kier molecular flexibility index (Phi) is 6.40. The molecule has 0 bridgehead atoms. The van der Waals surface area contributed by atoms with E-state index in [1.54, 1.807) is 38.1 Å². The summed E-state index contributed by atoms with van der Waals surface area (Å²) in [6.45, 7) is 6.19. The van der Waals surface area contributed by atoms with Crippen molar-refractivity contribution in [1.82, 2.24) is 9.03 Å². The molecule has 0 saturated carbocycles. The van der Waals surface area contributed by atoms with Gasteiger partial charge in [-0.25, -0.2) is 25.9 Å². The van der Waals surface area contributed by atoms with Crippen LogP contribution >= 0.6 is 0 Å². The number of hydrogen-bond donors (Lipinski definition) is 1. The van der Waals surface area contributed by atoms with E-state index in [1.165, 1.54) is 38.1 Å². The van der Waals surface area contributed by atoms with Crippen LogP contribution in [0.15, 0.2) is 70.1 Å². The van der Waals surface area contributed by atoms with Crippen molar-refractivity contribution in [3.8, 4) is 0 Å². The van der Waals surface area contributed by atoms with Crippen molar-refractivity contribution in [3.05, 3.63) is 71.4 Å². The van der Waals surface area contributed by atoms with E-state index < -0.39 is 43.2 Å². The van der Waals surface area contributed by atoms with Crippen LogP contribution in [0.1, 0.15) is 25.0 Å². The Morgan fingerprint density at radius 2 is 1.42 bits per heavy atom. The molecule has 2 aromatic carbocycles. The number of carbonyl (C=O) groups is 2. The topological polar surface area (TPSA) is 127 Å². The molecule has 1 atom stereocenters. The largest absolute Gasteiger partial charge is 0.464 e. The summed E-state index contributed by atoms with van der Waals surface area (Å²) in [5.74, 6) is -2.21. The first-order chi connectivity index (χ1) is 15.3. The molecule has 11 heteroatoms. The third-order valence-corrected chi connectivity index (χ3v) is 8.36. The molecule has 3 rings (SSSR count). The molecule has 33 heavy (non-hydrogen) atoms. The van der Waals surface area contributed by atoms with Gasteiger partial charge in [-0.1, -0.05) is 35.4 Å². The number of amides is 1. The zero-order chi connectivity index (χ0) is 24.6. The van der Waals surface area contributed by atoms with Gasteiger partial charge in [-0.3, -0.25) is 9.52 Å². The number of nitrogens with one attached hydrogen (secondary N) is 1. The second kappa shape index (κ2) is 8.64. The smallest absolute Gasteiger partial charge is 0.337 e. The molecule has 0 saturated heterocycles. The van der Waals surface area contributed by atoms with E-state index in [1.807, 2.05) is 0 Å². The van der Waals surface area contributed by atoms with Crippen LogP contribution < -0.4 is 4.72 Å². The molecule has 0 radical (unpaired) electrons. The predicted molar refractivity (Wildman–Crippen MR) is 120 cm³/mol. The summed E-state index contributed by atoms with van der Waals surface area (Å²) < 4.78 is 59.9. The van der Waals surface area contributed by atoms with Gasteiger partial charge in [-0.2, -0.15) is 0 Å². The Morgan fingerprint density at radius 3 is 1.91 bits per heavy atom. The van der Waals surface area contributed by atoms with Gasteiger partial charge in [0.05, 0.1) is 16.4 Å². The second-order valence-electron chi connectivity index (χ2n) is 7.73. The first-order valence-corrected chi connectivity index (χ1v) is 12.9. The molecule has 1 unspecified atom stereocenters. The zero-order valence-electron chi connectivity index (χ0n) is 18.5. The lowest BCUT2D eigenvalue weighted by atomic mass is 10.1. The lowest BCUT2D eigenvalue weighted by Crippen LogP contribution is -2.53. The number of hydrogen-bond acceptors (Lipinski definition) is 7. The molecule has 0 fully saturated rings. The monoisotopic (exact) mass is 492 g/mol. The first-order valence-electron chi connectivity index (χ1n) is 9.99. The van der Waals surface area contributed by atoms with E-state index in [2.05, 4.69) is 4.72 Å². The molecular formula is C22H24N2O7S2. The minimum atomic E-state index is -4.54. The van der Waals surface area contributed by atoms with Crippen LogP contribution in [-0.4, -0.2) is 45.2 Å². The molecule has 2 aromatic rings. The first kappa shape index (κ1) is 24.5. The highest BCUT2D eigenvalue weighted by Gasteiger charge is 2.55. The summed E-state index contributed by atoms with van der Waals surface area (Å²) in [4.78, 5) is 25.6. The summed E-state index contributed by atoms with van der Waals surface area (Å²) in [5, 5.41) is 0. The maximum absolute atomic E-state index is 13.4. The van der Waals surface area contributed by atoms with E-state index in [0.29, 0.717) is 4.31 Å². The summed E-state index contributed by atoms with van der Waals surface area (Å²) in [6.07, 6.45) is 0.963. The van der Waals surface area contributed by atoms with Gasteiger partial charge in [-0.05, 0) is 58.0 Å². The van der Waals surface area contributed by atoms with Gasteiger partial charge in [-0.15, -0.1) is 0 Å². The second-order valence-corrected chi connectivity index (χ2v) is 11.2. The summed E-state index contributed by atoms with van der Waals surface area (Å²) >= 11 is 0. The molecule has 1 aliphatic heterocycles. The van der Waals surface area contributed by atoms with E-state index in [4.69, 9.17) is 4.74 Å². The molecule has 1 amide bonds. The normalized spacial score (nSPS) is 18.7. The van der Waals surface area contributed by atoms with Gasteiger partial charge in [0, 0.05) is 0 Å². The highest BCUT2D eigenvalue weighted by Crippen LogP contribution is 2.35. The van der Waals surface area contributed by atoms with Gasteiger partial charge >= 0.3 is 5.97 Å². The van der Waals surface area contributed by atoms with E-state index in [-0.39, 0.29) is 16.4 Å². The number of sulfonamides is 2. The molecular weight excluding hydrogens is 468 g/mol. The average molecular weight is 493 g/mol. The Bertz CT molecular complexity index is 1330. The van der Waals surface area contributed by atoms with Crippen molar-refractivity contribution >= 4 is 31.9 Å². The lowest BCUT2D eigenvalue weighted by molar-refractivity contribution is -0.153. The molecule has 176 valence electrons. The Morgan fingerprint density at radius 1 is 0.939 bits per heavy atom. The summed E-state index contributed by atoms with van der Waals surface area (Å²) in [7, 11) is -8.77. The lowest BCUT2D eigenvalue weighted by Gasteiger charge is -2.31. The third kappa shape index (κ3) is 4.51. The third-order valence-electron chi connectivity index (χ3n) is 5.09. The summed E-state index contributed by atoms with van der Waals surface area (Å²) in [6, 6.07) is 11.6. The van der Waals surface area contributed by atoms with Gasteiger partial charge in [0.25, 0.3) is 26.0 Å². The molecule has 0 aliphatic carbocycles. The van der Waals surface area contributed by atoms with Crippen molar-refractivity contribution < 1.29 is 31.2 Å². The fourth-order valence-corrected chi connectivity index (χ4v) is 5.99. The molecule has 0 spiro atoms. The predicted octanol–water partition coefficient (Wildman–Crippen LogP) is 2.02. The number of nitrogens with zero attached hydrogens (tertiary/aromatic N) is 1. The number of esters is 1. The highest BCUT2D eigenvalue weighted by atomic mass is 32.2. The van der Waals surface area contributed by atoms with Crippen LogP contribution in [0.25, 0.3) is 0 Å². The Hall–Kier alpha value is -3.18. The number of ether oxygens (including phenoxy) is 1. The van der Waals surface area contributed by atoms with Crippen molar-refractivity contribution in [2.75, 3.05) is 6.61 Å². The molecule has 1 aliphatic rings. The van der Waals surface area contributed by atoms with Gasteiger partial charge < -0.3 is 4.74 Å². The number of carbonyl (C=O) groups excluding carboxylic acids is 2. The Labute approximate surface area is 193 Å². The molecule has 1 N–H and O–H groups in total.